The molecule has 0 fully saturated rings. The van der Waals surface area contributed by atoms with Crippen LogP contribution in [0.5, 0.6) is 0 Å². The number of hydrogen-bond donors (Lipinski definition) is 0. The summed E-state index contributed by atoms with van der Waals surface area (Å²) in [6.45, 7) is 16.0. The second-order valence-corrected chi connectivity index (χ2v) is 4.76. The summed E-state index contributed by atoms with van der Waals surface area (Å²) in [5.41, 5.74) is 5.49. The van der Waals surface area contributed by atoms with E-state index in [0.717, 1.165) is 25.8 Å². The van der Waals surface area contributed by atoms with Crippen molar-refractivity contribution in [1.82, 2.24) is 0 Å². The quantitative estimate of drug-likeness (QED) is 0.398. The molecule has 0 saturated carbocycles. The number of allylic oxidation sites excluding steroid dienone is 3. The topological polar surface area (TPSA) is 12.4 Å². The van der Waals surface area contributed by atoms with Crippen LogP contribution in [0.25, 0.3) is 0 Å². The molecule has 0 spiro atoms. The van der Waals surface area contributed by atoms with Gasteiger partial charge in [0.25, 0.3) is 0 Å². The van der Waals surface area contributed by atoms with Crippen LogP contribution >= 0.6 is 0 Å². The summed E-state index contributed by atoms with van der Waals surface area (Å²) in [5, 5.41) is 0. The zero-order chi connectivity index (χ0) is 13.3. The van der Waals surface area contributed by atoms with Crippen LogP contribution in [0.2, 0.25) is 0 Å². The fraction of sp³-hybridized carbons (Fsp3) is 0.688. The predicted molar refractivity (Wildman–Crippen MR) is 79.9 cm³/mol. The highest BCUT2D eigenvalue weighted by Gasteiger charge is 2.07. The molecule has 0 bridgehead atoms. The first-order valence-corrected chi connectivity index (χ1v) is 6.93. The molecule has 98 valence electrons. The average Bonchev–Trinajstić information content (AvgIpc) is 2.27. The van der Waals surface area contributed by atoms with E-state index in [1.165, 1.54) is 29.7 Å². The Balaban J connectivity index is 4.90. The van der Waals surface area contributed by atoms with Crippen molar-refractivity contribution in [2.24, 2.45) is 4.99 Å². The minimum Gasteiger partial charge on any atom is -0.294 e. The van der Waals surface area contributed by atoms with Gasteiger partial charge in [0.1, 0.15) is 0 Å². The first-order valence-electron chi connectivity index (χ1n) is 6.93. The maximum atomic E-state index is 4.59. The van der Waals surface area contributed by atoms with Crippen LogP contribution < -0.4 is 0 Å². The molecule has 0 unspecified atom stereocenters. The number of hydrogen-bond acceptors (Lipinski definition) is 1. The van der Waals surface area contributed by atoms with Gasteiger partial charge in [-0.1, -0.05) is 44.9 Å². The molecule has 0 aliphatic heterocycles. The lowest BCUT2D eigenvalue weighted by Crippen LogP contribution is -2.01. The van der Waals surface area contributed by atoms with Crippen LogP contribution in [0.1, 0.15) is 66.7 Å². The van der Waals surface area contributed by atoms with Crippen molar-refractivity contribution in [1.29, 1.82) is 0 Å². The number of rotatable bonds is 8. The standard InChI is InChI=1S/C16H29N/c1-7-10-15(16(9-3)13(4)5)12-14(6)17-11-8-2/h4,7-12H2,1-3,5-6H3/b16-15-,17-14-. The molecule has 0 atom stereocenters. The molecule has 0 rings (SSSR count). The maximum Gasteiger partial charge on any atom is 0.0386 e. The molecule has 1 heteroatoms. The molecule has 0 aliphatic rings. The number of nitrogens with zero attached hydrogens (tertiary/aromatic N) is 1. The van der Waals surface area contributed by atoms with Gasteiger partial charge in [0.05, 0.1) is 0 Å². The van der Waals surface area contributed by atoms with E-state index in [1.54, 1.807) is 5.57 Å². The predicted octanol–water partition coefficient (Wildman–Crippen LogP) is 5.33. The lowest BCUT2D eigenvalue weighted by Gasteiger charge is -2.14. The van der Waals surface area contributed by atoms with Gasteiger partial charge in [-0.15, -0.1) is 0 Å². The third-order valence-corrected chi connectivity index (χ3v) is 2.92. The zero-order valence-corrected chi connectivity index (χ0v) is 12.4. The zero-order valence-electron chi connectivity index (χ0n) is 12.4. The molecule has 0 heterocycles. The first kappa shape index (κ1) is 16.1. The molecule has 0 amide bonds. The van der Waals surface area contributed by atoms with E-state index in [2.05, 4.69) is 46.2 Å². The lowest BCUT2D eigenvalue weighted by molar-refractivity contribution is 0.853. The van der Waals surface area contributed by atoms with Crippen LogP contribution in [-0.4, -0.2) is 12.3 Å². The summed E-state index contributed by atoms with van der Waals surface area (Å²) in [5.74, 6) is 0. The molecule has 0 N–H and O–H groups in total. The fourth-order valence-electron chi connectivity index (χ4n) is 2.17. The van der Waals surface area contributed by atoms with Gasteiger partial charge >= 0.3 is 0 Å². The Morgan fingerprint density at radius 3 is 2.12 bits per heavy atom. The van der Waals surface area contributed by atoms with Crippen molar-refractivity contribution in [2.45, 2.75) is 66.7 Å². The minimum atomic E-state index is 0.958. The van der Waals surface area contributed by atoms with Crippen molar-refractivity contribution in [3.8, 4) is 0 Å². The summed E-state index contributed by atoms with van der Waals surface area (Å²) < 4.78 is 0. The van der Waals surface area contributed by atoms with Gasteiger partial charge in [0.15, 0.2) is 0 Å². The van der Waals surface area contributed by atoms with Crippen molar-refractivity contribution in [3.63, 3.8) is 0 Å². The Morgan fingerprint density at radius 2 is 1.71 bits per heavy atom. The second kappa shape index (κ2) is 9.21. The van der Waals surface area contributed by atoms with E-state index in [4.69, 9.17) is 0 Å². The van der Waals surface area contributed by atoms with E-state index in [0.29, 0.717) is 0 Å². The van der Waals surface area contributed by atoms with Crippen LogP contribution in [-0.2, 0) is 0 Å². The Labute approximate surface area is 108 Å². The lowest BCUT2D eigenvalue weighted by atomic mass is 9.93. The van der Waals surface area contributed by atoms with Gasteiger partial charge in [-0.3, -0.25) is 4.99 Å². The van der Waals surface area contributed by atoms with Gasteiger partial charge in [0.2, 0.25) is 0 Å². The van der Waals surface area contributed by atoms with E-state index in [1.807, 2.05) is 0 Å². The highest BCUT2D eigenvalue weighted by Crippen LogP contribution is 2.23. The molecule has 0 saturated heterocycles. The average molecular weight is 235 g/mol. The summed E-state index contributed by atoms with van der Waals surface area (Å²) in [6, 6.07) is 0. The smallest absolute Gasteiger partial charge is 0.0386 e. The molecule has 1 nitrogen and oxygen atoms in total. The Morgan fingerprint density at radius 1 is 1.06 bits per heavy atom. The first-order chi connectivity index (χ1) is 8.06. The van der Waals surface area contributed by atoms with Gasteiger partial charge in [-0.05, 0) is 38.7 Å². The summed E-state index contributed by atoms with van der Waals surface area (Å²) in [4.78, 5) is 4.59. The molecular formula is C16H29N. The summed E-state index contributed by atoms with van der Waals surface area (Å²) >= 11 is 0. The third kappa shape index (κ3) is 6.45. The monoisotopic (exact) mass is 235 g/mol. The van der Waals surface area contributed by atoms with Crippen molar-refractivity contribution >= 4 is 5.71 Å². The summed E-state index contributed by atoms with van der Waals surface area (Å²) in [7, 11) is 0. The van der Waals surface area contributed by atoms with E-state index in [-0.39, 0.29) is 0 Å². The second-order valence-electron chi connectivity index (χ2n) is 4.76. The van der Waals surface area contributed by atoms with Crippen LogP contribution in [0.15, 0.2) is 28.3 Å². The van der Waals surface area contributed by atoms with Crippen molar-refractivity contribution in [3.05, 3.63) is 23.3 Å². The molecule has 17 heavy (non-hydrogen) atoms. The van der Waals surface area contributed by atoms with Crippen molar-refractivity contribution in [2.75, 3.05) is 6.54 Å². The normalized spacial score (nSPS) is 13.6. The van der Waals surface area contributed by atoms with Crippen LogP contribution in [0.4, 0.5) is 0 Å². The Bertz CT molecular complexity index is 295. The number of aliphatic imine (C=N–C) groups is 1. The molecule has 0 radical (unpaired) electrons. The molecule has 0 aromatic heterocycles. The van der Waals surface area contributed by atoms with Gasteiger partial charge in [-0.2, -0.15) is 0 Å². The Kier molecular flexibility index (Phi) is 8.75. The minimum absolute atomic E-state index is 0.958. The van der Waals surface area contributed by atoms with E-state index >= 15 is 0 Å². The molecular weight excluding hydrogens is 206 g/mol. The highest BCUT2D eigenvalue weighted by atomic mass is 14.7. The SMILES string of the molecule is C=C(C)/C(CC)=C(/CCC)C/C(C)=N\CCC. The largest absolute Gasteiger partial charge is 0.294 e. The van der Waals surface area contributed by atoms with Crippen molar-refractivity contribution < 1.29 is 0 Å². The van der Waals surface area contributed by atoms with Crippen LogP contribution in [0.3, 0.4) is 0 Å². The van der Waals surface area contributed by atoms with Gasteiger partial charge in [-0.25, -0.2) is 0 Å². The van der Waals surface area contributed by atoms with E-state index < -0.39 is 0 Å². The Hall–Kier alpha value is -0.850. The molecule has 0 aromatic carbocycles. The maximum absolute atomic E-state index is 4.59. The van der Waals surface area contributed by atoms with Crippen LogP contribution in [0, 0.1) is 0 Å². The van der Waals surface area contributed by atoms with E-state index in [9.17, 15) is 0 Å². The summed E-state index contributed by atoms with van der Waals surface area (Å²) in [6.07, 6.45) is 5.63. The molecule has 0 aromatic rings. The van der Waals surface area contributed by atoms with Gasteiger partial charge < -0.3 is 0 Å². The fourth-order valence-corrected chi connectivity index (χ4v) is 2.17. The molecule has 0 aliphatic carbocycles. The highest BCUT2D eigenvalue weighted by molar-refractivity contribution is 5.84. The van der Waals surface area contributed by atoms with Gasteiger partial charge in [0, 0.05) is 18.7 Å². The third-order valence-electron chi connectivity index (χ3n) is 2.92.